The van der Waals surface area contributed by atoms with Crippen molar-refractivity contribution in [2.45, 2.75) is 0 Å². The number of hydrogen-bond acceptors (Lipinski definition) is 4. The van der Waals surface area contributed by atoms with Crippen molar-refractivity contribution < 1.29 is 28.0 Å². The molecule has 2 saturated heterocycles. The van der Waals surface area contributed by atoms with Crippen LogP contribution in [0.2, 0.25) is 0 Å². The quantitative estimate of drug-likeness (QED) is 0.538. The Labute approximate surface area is 181 Å². The summed E-state index contributed by atoms with van der Waals surface area (Å²) in [4.78, 5) is 54.9. The van der Waals surface area contributed by atoms with E-state index in [0.717, 1.165) is 9.80 Å². The van der Waals surface area contributed by atoms with Crippen LogP contribution in [-0.4, -0.2) is 23.6 Å². The lowest BCUT2D eigenvalue weighted by molar-refractivity contribution is -0.137. The largest absolute Gasteiger partial charge is 0.274 e. The number of halogens is 2. The van der Waals surface area contributed by atoms with Crippen molar-refractivity contribution in [3.63, 3.8) is 0 Å². The van der Waals surface area contributed by atoms with Gasteiger partial charge in [0.05, 0.1) is 35.0 Å². The average Bonchev–Trinajstić information content (AvgIpc) is 3.22. The van der Waals surface area contributed by atoms with Gasteiger partial charge in [-0.15, -0.1) is 0 Å². The summed E-state index contributed by atoms with van der Waals surface area (Å²) in [5.41, 5.74) is -0.265. The van der Waals surface area contributed by atoms with E-state index in [-0.39, 0.29) is 11.4 Å². The van der Waals surface area contributed by atoms with Gasteiger partial charge in [0.1, 0.15) is 11.6 Å². The first-order chi connectivity index (χ1) is 15.4. The number of carbonyl (C=O) groups is 4. The van der Waals surface area contributed by atoms with Gasteiger partial charge in [0.2, 0.25) is 23.6 Å². The number of benzene rings is 2. The zero-order valence-corrected chi connectivity index (χ0v) is 16.5. The molecule has 3 fully saturated rings. The Kier molecular flexibility index (Phi) is 3.82. The topological polar surface area (TPSA) is 74.8 Å². The smallest absolute Gasteiger partial charge is 0.238 e. The molecular weight excluding hydrogens is 418 g/mol. The number of allylic oxidation sites excluding steroid dienone is 2. The second-order valence-electron chi connectivity index (χ2n) is 8.57. The first-order valence-electron chi connectivity index (χ1n) is 10.3. The summed E-state index contributed by atoms with van der Waals surface area (Å²) in [6.45, 7) is 0. The fourth-order valence-electron chi connectivity index (χ4n) is 5.97. The molecule has 0 N–H and O–H groups in total. The third-order valence-electron chi connectivity index (χ3n) is 7.20. The lowest BCUT2D eigenvalue weighted by Gasteiger charge is -2.44. The molecule has 5 aliphatic rings. The minimum atomic E-state index is -0.865. The maximum Gasteiger partial charge on any atom is 0.238 e. The van der Waals surface area contributed by atoms with E-state index in [2.05, 4.69) is 0 Å². The van der Waals surface area contributed by atoms with Crippen LogP contribution >= 0.6 is 0 Å². The molecule has 6 atom stereocenters. The molecule has 2 heterocycles. The van der Waals surface area contributed by atoms with Gasteiger partial charge in [-0.25, -0.2) is 18.6 Å². The van der Waals surface area contributed by atoms with Crippen molar-refractivity contribution in [3.05, 3.63) is 72.3 Å². The van der Waals surface area contributed by atoms with Gasteiger partial charge < -0.3 is 0 Å². The number of imide groups is 2. The van der Waals surface area contributed by atoms with Crippen LogP contribution in [0.1, 0.15) is 0 Å². The highest BCUT2D eigenvalue weighted by molar-refractivity contribution is 6.26. The zero-order valence-electron chi connectivity index (χ0n) is 16.5. The predicted molar refractivity (Wildman–Crippen MR) is 108 cm³/mol. The van der Waals surface area contributed by atoms with E-state index in [9.17, 15) is 28.0 Å². The fourth-order valence-corrected chi connectivity index (χ4v) is 5.97. The Morgan fingerprint density at radius 3 is 1.16 bits per heavy atom. The number of amides is 4. The zero-order chi connectivity index (χ0) is 22.3. The highest BCUT2D eigenvalue weighted by atomic mass is 19.1. The van der Waals surface area contributed by atoms with Gasteiger partial charge in [-0.05, 0) is 24.3 Å². The maximum atomic E-state index is 14.4. The first-order valence-corrected chi connectivity index (χ1v) is 10.3. The van der Waals surface area contributed by atoms with Crippen molar-refractivity contribution in [2.24, 2.45) is 35.5 Å². The average molecular weight is 434 g/mol. The van der Waals surface area contributed by atoms with E-state index in [1.807, 2.05) is 0 Å². The lowest BCUT2D eigenvalue weighted by Crippen LogP contribution is -2.50. The van der Waals surface area contributed by atoms with Gasteiger partial charge >= 0.3 is 0 Å². The fraction of sp³-hybridized carbons (Fsp3) is 0.250. The van der Waals surface area contributed by atoms with E-state index in [1.54, 1.807) is 12.2 Å². The summed E-state index contributed by atoms with van der Waals surface area (Å²) >= 11 is 0. The Bertz CT molecular complexity index is 1120. The molecular formula is C24H16F2N2O4. The van der Waals surface area contributed by atoms with E-state index in [0.29, 0.717) is 0 Å². The van der Waals surface area contributed by atoms with Crippen molar-refractivity contribution in [1.82, 2.24) is 0 Å². The van der Waals surface area contributed by atoms with Crippen LogP contribution in [0.4, 0.5) is 20.2 Å². The third kappa shape index (κ3) is 2.21. The highest BCUT2D eigenvalue weighted by Gasteiger charge is 2.69. The van der Waals surface area contributed by atoms with Crippen LogP contribution in [0.5, 0.6) is 0 Å². The molecule has 0 radical (unpaired) electrons. The van der Waals surface area contributed by atoms with Gasteiger partial charge in [0.15, 0.2) is 0 Å². The Balaban J connectivity index is 1.43. The number of carbonyl (C=O) groups excluding carboxylic acids is 4. The number of para-hydroxylation sites is 2. The molecule has 3 aliphatic carbocycles. The molecule has 7 rings (SSSR count). The van der Waals surface area contributed by atoms with E-state index in [1.165, 1.54) is 48.5 Å². The minimum absolute atomic E-state index is 0.132. The van der Waals surface area contributed by atoms with Crippen LogP contribution in [0.25, 0.3) is 0 Å². The third-order valence-corrected chi connectivity index (χ3v) is 7.20. The summed E-state index contributed by atoms with van der Waals surface area (Å²) in [6, 6.07) is 11.0. The Morgan fingerprint density at radius 1 is 0.531 bits per heavy atom. The molecule has 2 bridgehead atoms. The van der Waals surface area contributed by atoms with Crippen LogP contribution in [-0.2, 0) is 19.2 Å². The molecule has 2 aromatic carbocycles. The predicted octanol–water partition coefficient (Wildman–Crippen LogP) is 2.69. The lowest BCUT2D eigenvalue weighted by atomic mass is 9.54. The SMILES string of the molecule is O=C1[C@@H]2C3C=CC([C@H]2C(=O)N1c1ccccc1F)[C@@H]1C(=O)N(c2ccccc2F)C(=O)[C@H]31. The van der Waals surface area contributed by atoms with Crippen LogP contribution in [0.15, 0.2) is 60.7 Å². The summed E-state index contributed by atoms with van der Waals surface area (Å²) in [6.07, 6.45) is 3.41. The van der Waals surface area contributed by atoms with Gasteiger partial charge in [-0.1, -0.05) is 36.4 Å². The second-order valence-corrected chi connectivity index (χ2v) is 8.57. The Morgan fingerprint density at radius 2 is 0.844 bits per heavy atom. The molecule has 0 spiro atoms. The van der Waals surface area contributed by atoms with Crippen molar-refractivity contribution in [3.8, 4) is 0 Å². The van der Waals surface area contributed by atoms with Gasteiger partial charge in [0.25, 0.3) is 0 Å². The summed E-state index contributed by atoms with van der Waals surface area (Å²) < 4.78 is 28.8. The number of anilines is 2. The summed E-state index contributed by atoms with van der Waals surface area (Å²) in [5.74, 6) is -8.57. The van der Waals surface area contributed by atoms with E-state index >= 15 is 0 Å². The van der Waals surface area contributed by atoms with Crippen molar-refractivity contribution >= 4 is 35.0 Å². The monoisotopic (exact) mass is 434 g/mol. The van der Waals surface area contributed by atoms with Gasteiger partial charge in [0, 0.05) is 11.8 Å². The van der Waals surface area contributed by atoms with Crippen molar-refractivity contribution in [2.75, 3.05) is 9.80 Å². The normalized spacial score (nSPS) is 32.7. The molecule has 4 amide bonds. The molecule has 8 heteroatoms. The van der Waals surface area contributed by atoms with E-state index < -0.39 is 70.8 Å². The van der Waals surface area contributed by atoms with Crippen LogP contribution < -0.4 is 9.80 Å². The highest BCUT2D eigenvalue weighted by Crippen LogP contribution is 2.58. The number of nitrogens with zero attached hydrogens (tertiary/aromatic N) is 2. The first kappa shape index (κ1) is 19.0. The number of hydrogen-bond donors (Lipinski definition) is 0. The van der Waals surface area contributed by atoms with Crippen molar-refractivity contribution in [1.29, 1.82) is 0 Å². The van der Waals surface area contributed by atoms with Gasteiger partial charge in [-0.3, -0.25) is 19.2 Å². The molecule has 0 aromatic heterocycles. The van der Waals surface area contributed by atoms with E-state index in [4.69, 9.17) is 0 Å². The molecule has 160 valence electrons. The molecule has 32 heavy (non-hydrogen) atoms. The van der Waals surface area contributed by atoms with Crippen LogP contribution in [0.3, 0.4) is 0 Å². The second kappa shape index (κ2) is 6.41. The summed E-state index contributed by atoms with van der Waals surface area (Å²) in [7, 11) is 0. The molecule has 1 saturated carbocycles. The van der Waals surface area contributed by atoms with Gasteiger partial charge in [-0.2, -0.15) is 0 Å². The molecule has 6 nitrogen and oxygen atoms in total. The summed E-state index contributed by atoms with van der Waals surface area (Å²) in [5, 5.41) is 0. The molecule has 2 unspecified atom stereocenters. The standard InChI is InChI=1S/C24H16F2N2O4/c25-13-5-1-3-7-15(13)27-21(29)17-11-9-10-12(18(17)22(27)30)20-19(11)23(31)28(24(20)32)16-8-4-2-6-14(16)26/h1-12,17-20H/t11?,12?,17-,18-,19-,20+/m1/s1. The Hall–Kier alpha value is -3.68. The maximum absolute atomic E-state index is 14.4. The molecule has 2 aliphatic heterocycles. The number of rotatable bonds is 2. The minimum Gasteiger partial charge on any atom is -0.274 e. The van der Waals surface area contributed by atoms with Crippen LogP contribution in [0, 0.1) is 47.1 Å². The molecule has 2 aromatic rings.